The van der Waals surface area contributed by atoms with Gasteiger partial charge in [-0.3, -0.25) is 14.4 Å². The molecule has 0 saturated heterocycles. The molecule has 0 radical (unpaired) electrons. The van der Waals surface area contributed by atoms with E-state index in [-0.39, 0.29) is 37.9 Å². The predicted molar refractivity (Wildman–Crippen MR) is 102 cm³/mol. The lowest BCUT2D eigenvalue weighted by Gasteiger charge is -2.20. The standard InChI is InChI=1S/C18H26FN3O4.ClH/c1-4-26-16(24)9-14(12-5-7-13(19)8-6-12)22-15(23)10-21-18(25)17(20)11(2)3;/h5-8,11,14,17H,4,9-10,20H2,1-3H3,(H,21,25)(H,22,23);1H/t14?,17-;/m0./s1. The van der Waals surface area contributed by atoms with Gasteiger partial charge < -0.3 is 21.1 Å². The molecule has 152 valence electrons. The van der Waals surface area contributed by atoms with Crippen LogP contribution in [0.5, 0.6) is 0 Å². The third-order valence-electron chi connectivity index (χ3n) is 3.73. The fourth-order valence-electron chi connectivity index (χ4n) is 2.17. The van der Waals surface area contributed by atoms with Crippen LogP contribution in [0.3, 0.4) is 0 Å². The maximum absolute atomic E-state index is 13.1. The lowest BCUT2D eigenvalue weighted by atomic mass is 10.0. The van der Waals surface area contributed by atoms with Gasteiger partial charge in [0.05, 0.1) is 31.7 Å². The summed E-state index contributed by atoms with van der Waals surface area (Å²) < 4.78 is 18.0. The highest BCUT2D eigenvalue weighted by atomic mass is 35.5. The highest BCUT2D eigenvalue weighted by Gasteiger charge is 2.21. The van der Waals surface area contributed by atoms with E-state index in [4.69, 9.17) is 10.5 Å². The molecule has 0 saturated carbocycles. The summed E-state index contributed by atoms with van der Waals surface area (Å²) in [5.74, 6) is -1.90. The van der Waals surface area contributed by atoms with Gasteiger partial charge in [0.15, 0.2) is 0 Å². The Morgan fingerprint density at radius 1 is 1.19 bits per heavy atom. The van der Waals surface area contributed by atoms with Crippen LogP contribution < -0.4 is 16.4 Å². The van der Waals surface area contributed by atoms with E-state index in [1.807, 2.05) is 0 Å². The summed E-state index contributed by atoms with van der Waals surface area (Å²) >= 11 is 0. The van der Waals surface area contributed by atoms with E-state index in [1.54, 1.807) is 20.8 Å². The number of carbonyl (C=O) groups is 3. The minimum absolute atomic E-state index is 0. The molecule has 0 bridgehead atoms. The third kappa shape index (κ3) is 8.83. The molecule has 1 aromatic carbocycles. The van der Waals surface area contributed by atoms with Crippen LogP contribution in [0.15, 0.2) is 24.3 Å². The van der Waals surface area contributed by atoms with Crippen LogP contribution in [0, 0.1) is 11.7 Å². The van der Waals surface area contributed by atoms with Crippen molar-refractivity contribution in [3.05, 3.63) is 35.6 Å². The molecule has 2 amide bonds. The van der Waals surface area contributed by atoms with E-state index in [9.17, 15) is 18.8 Å². The topological polar surface area (TPSA) is 111 Å². The average Bonchev–Trinajstić information content (AvgIpc) is 2.59. The van der Waals surface area contributed by atoms with Crippen molar-refractivity contribution in [3.63, 3.8) is 0 Å². The molecule has 0 aliphatic heterocycles. The summed E-state index contributed by atoms with van der Waals surface area (Å²) in [5.41, 5.74) is 6.27. The minimum Gasteiger partial charge on any atom is -0.466 e. The SMILES string of the molecule is CCOC(=O)CC(NC(=O)CNC(=O)[C@@H](N)C(C)C)c1ccc(F)cc1.Cl. The first kappa shape index (κ1) is 24.8. The number of hydrogen-bond acceptors (Lipinski definition) is 5. The molecule has 0 spiro atoms. The Morgan fingerprint density at radius 2 is 1.78 bits per heavy atom. The van der Waals surface area contributed by atoms with Crippen LogP contribution in [0.1, 0.15) is 38.8 Å². The van der Waals surface area contributed by atoms with E-state index >= 15 is 0 Å². The molecular formula is C18H27ClFN3O4. The Hall–Kier alpha value is -2.19. The van der Waals surface area contributed by atoms with Crippen molar-refractivity contribution in [3.8, 4) is 0 Å². The van der Waals surface area contributed by atoms with Gasteiger partial charge in [-0.05, 0) is 30.5 Å². The van der Waals surface area contributed by atoms with Crippen molar-refractivity contribution in [2.45, 2.75) is 39.3 Å². The first-order chi connectivity index (χ1) is 12.2. The van der Waals surface area contributed by atoms with Crippen LogP contribution in [-0.2, 0) is 19.1 Å². The van der Waals surface area contributed by atoms with Crippen molar-refractivity contribution in [2.24, 2.45) is 11.7 Å². The normalized spacial score (nSPS) is 12.5. The van der Waals surface area contributed by atoms with Gasteiger partial charge in [-0.2, -0.15) is 0 Å². The zero-order valence-electron chi connectivity index (χ0n) is 15.7. The van der Waals surface area contributed by atoms with Crippen LogP contribution in [0.25, 0.3) is 0 Å². The molecule has 0 aliphatic rings. The number of nitrogens with two attached hydrogens (primary N) is 1. The molecule has 9 heteroatoms. The molecular weight excluding hydrogens is 377 g/mol. The first-order valence-corrected chi connectivity index (χ1v) is 8.48. The molecule has 0 heterocycles. The third-order valence-corrected chi connectivity index (χ3v) is 3.73. The molecule has 7 nitrogen and oxygen atoms in total. The molecule has 27 heavy (non-hydrogen) atoms. The summed E-state index contributed by atoms with van der Waals surface area (Å²) in [6.45, 7) is 5.21. The average molecular weight is 404 g/mol. The Bertz CT molecular complexity index is 626. The maximum atomic E-state index is 13.1. The van der Waals surface area contributed by atoms with Gasteiger partial charge in [-0.1, -0.05) is 26.0 Å². The largest absolute Gasteiger partial charge is 0.466 e. The van der Waals surface area contributed by atoms with Gasteiger partial charge in [-0.15, -0.1) is 12.4 Å². The van der Waals surface area contributed by atoms with Gasteiger partial charge in [0.2, 0.25) is 11.8 Å². The summed E-state index contributed by atoms with van der Waals surface area (Å²) in [6, 6.07) is 4.03. The number of hydrogen-bond donors (Lipinski definition) is 3. The smallest absolute Gasteiger partial charge is 0.308 e. The highest BCUT2D eigenvalue weighted by molar-refractivity contribution is 5.87. The molecule has 4 N–H and O–H groups in total. The number of carbonyl (C=O) groups excluding carboxylic acids is 3. The van der Waals surface area contributed by atoms with E-state index in [0.717, 1.165) is 0 Å². The number of rotatable bonds is 9. The minimum atomic E-state index is -0.713. The molecule has 1 unspecified atom stereocenters. The van der Waals surface area contributed by atoms with Crippen LogP contribution in [0.4, 0.5) is 4.39 Å². The zero-order valence-corrected chi connectivity index (χ0v) is 16.5. The van der Waals surface area contributed by atoms with Gasteiger partial charge >= 0.3 is 5.97 Å². The molecule has 1 aromatic rings. The second-order valence-corrected chi connectivity index (χ2v) is 6.17. The van der Waals surface area contributed by atoms with Crippen molar-refractivity contribution >= 4 is 30.2 Å². The summed E-state index contributed by atoms with van der Waals surface area (Å²) in [6.07, 6.45) is -0.106. The molecule has 0 fully saturated rings. The number of nitrogens with one attached hydrogen (secondary N) is 2. The fraction of sp³-hybridized carbons (Fsp3) is 0.500. The quantitative estimate of drug-likeness (QED) is 0.540. The van der Waals surface area contributed by atoms with Crippen LogP contribution >= 0.6 is 12.4 Å². The van der Waals surface area contributed by atoms with Crippen molar-refractivity contribution in [1.82, 2.24) is 10.6 Å². The number of halogens is 2. The Labute approximate surface area is 164 Å². The molecule has 0 aromatic heterocycles. The zero-order chi connectivity index (χ0) is 19.7. The number of ether oxygens (including phenoxy) is 1. The number of esters is 1. The molecule has 2 atom stereocenters. The van der Waals surface area contributed by atoms with Gasteiger partial charge in [0.1, 0.15) is 5.82 Å². The van der Waals surface area contributed by atoms with Gasteiger partial charge in [0, 0.05) is 0 Å². The van der Waals surface area contributed by atoms with Crippen molar-refractivity contribution in [2.75, 3.05) is 13.2 Å². The van der Waals surface area contributed by atoms with E-state index in [1.165, 1.54) is 24.3 Å². The second-order valence-electron chi connectivity index (χ2n) is 6.17. The van der Waals surface area contributed by atoms with E-state index in [2.05, 4.69) is 10.6 Å². The summed E-state index contributed by atoms with van der Waals surface area (Å²) in [5, 5.41) is 5.10. The molecule has 0 aliphatic carbocycles. The highest BCUT2D eigenvalue weighted by Crippen LogP contribution is 2.18. The predicted octanol–water partition coefficient (Wildman–Crippen LogP) is 1.46. The fourth-order valence-corrected chi connectivity index (χ4v) is 2.17. The Morgan fingerprint density at radius 3 is 2.30 bits per heavy atom. The molecule has 1 rings (SSSR count). The van der Waals surface area contributed by atoms with Gasteiger partial charge in [-0.25, -0.2) is 4.39 Å². The van der Waals surface area contributed by atoms with Crippen molar-refractivity contribution in [1.29, 1.82) is 0 Å². The Kier molecular flexibility index (Phi) is 11.2. The monoisotopic (exact) mass is 403 g/mol. The number of benzene rings is 1. The Balaban J connectivity index is 0.00000676. The maximum Gasteiger partial charge on any atom is 0.308 e. The van der Waals surface area contributed by atoms with Crippen molar-refractivity contribution < 1.29 is 23.5 Å². The van der Waals surface area contributed by atoms with E-state index in [0.29, 0.717) is 5.56 Å². The van der Waals surface area contributed by atoms with E-state index < -0.39 is 35.7 Å². The number of amides is 2. The summed E-state index contributed by atoms with van der Waals surface area (Å²) in [7, 11) is 0. The van der Waals surface area contributed by atoms with Crippen LogP contribution in [0.2, 0.25) is 0 Å². The lowest BCUT2D eigenvalue weighted by molar-refractivity contribution is -0.144. The first-order valence-electron chi connectivity index (χ1n) is 8.48. The van der Waals surface area contributed by atoms with Gasteiger partial charge in [0.25, 0.3) is 0 Å². The second kappa shape index (κ2) is 12.2. The van der Waals surface area contributed by atoms with Crippen LogP contribution in [-0.4, -0.2) is 37.0 Å². The lowest BCUT2D eigenvalue weighted by Crippen LogP contribution is -2.47. The summed E-state index contributed by atoms with van der Waals surface area (Å²) in [4.78, 5) is 35.7.